The van der Waals surface area contributed by atoms with Crippen LogP contribution in [0, 0.1) is 5.92 Å². The molecule has 2 aliphatic heterocycles. The fourth-order valence-corrected chi connectivity index (χ4v) is 5.49. The number of urea groups is 1. The highest BCUT2D eigenvalue weighted by Crippen LogP contribution is 2.41. The average Bonchev–Trinajstić information content (AvgIpc) is 3.41. The molecule has 134 valence electrons. The maximum absolute atomic E-state index is 12.7. The number of benzene rings is 1. The SMILES string of the molecule is O=C(Nc1ccccc1)N1CCC2(CC1)N(CC1CC1)C(=O)CS2=O. The third-order valence-electron chi connectivity index (χ3n) is 5.47. The van der Waals surface area contributed by atoms with Gasteiger partial charge in [0, 0.05) is 38.2 Å². The quantitative estimate of drug-likeness (QED) is 0.895. The summed E-state index contributed by atoms with van der Waals surface area (Å²) < 4.78 is 12.7. The van der Waals surface area contributed by atoms with Crippen LogP contribution < -0.4 is 5.32 Å². The lowest BCUT2D eigenvalue weighted by Gasteiger charge is -2.43. The van der Waals surface area contributed by atoms with Crippen molar-refractivity contribution in [1.82, 2.24) is 9.80 Å². The fraction of sp³-hybridized carbons (Fsp3) is 0.556. The molecule has 1 spiro atoms. The Balaban J connectivity index is 1.42. The van der Waals surface area contributed by atoms with E-state index in [4.69, 9.17) is 0 Å². The summed E-state index contributed by atoms with van der Waals surface area (Å²) in [7, 11) is -1.16. The van der Waals surface area contributed by atoms with Gasteiger partial charge in [-0.2, -0.15) is 0 Å². The average molecular weight is 361 g/mol. The molecule has 1 aromatic carbocycles. The third-order valence-corrected chi connectivity index (χ3v) is 7.45. The lowest BCUT2D eigenvalue weighted by atomic mass is 10.0. The molecule has 3 amide bonds. The van der Waals surface area contributed by atoms with E-state index in [0.717, 1.165) is 25.1 Å². The number of amides is 3. The van der Waals surface area contributed by atoms with Crippen molar-refractivity contribution >= 4 is 28.4 Å². The van der Waals surface area contributed by atoms with Crippen LogP contribution in [0.25, 0.3) is 0 Å². The van der Waals surface area contributed by atoms with E-state index in [-0.39, 0.29) is 17.7 Å². The predicted molar refractivity (Wildman–Crippen MR) is 96.4 cm³/mol. The van der Waals surface area contributed by atoms with Crippen LogP contribution in [0.4, 0.5) is 10.5 Å². The molecule has 7 heteroatoms. The number of hydrogen-bond acceptors (Lipinski definition) is 3. The minimum atomic E-state index is -1.16. The molecule has 3 aliphatic rings. The Labute approximate surface area is 150 Å². The molecule has 1 aliphatic carbocycles. The van der Waals surface area contributed by atoms with Crippen LogP contribution in [0.5, 0.6) is 0 Å². The van der Waals surface area contributed by atoms with Gasteiger partial charge in [-0.25, -0.2) is 4.79 Å². The Hall–Kier alpha value is -1.89. The summed E-state index contributed by atoms with van der Waals surface area (Å²) in [6.45, 7) is 1.79. The second kappa shape index (κ2) is 6.44. The van der Waals surface area contributed by atoms with E-state index in [1.165, 1.54) is 0 Å². The van der Waals surface area contributed by atoms with Crippen molar-refractivity contribution in [3.8, 4) is 0 Å². The molecule has 6 nitrogen and oxygen atoms in total. The molecule has 2 saturated heterocycles. The molecule has 1 saturated carbocycles. The molecule has 0 radical (unpaired) electrons. The van der Waals surface area contributed by atoms with Gasteiger partial charge in [0.2, 0.25) is 5.91 Å². The first kappa shape index (κ1) is 16.6. The second-order valence-electron chi connectivity index (χ2n) is 7.17. The Kier molecular flexibility index (Phi) is 4.27. The summed E-state index contributed by atoms with van der Waals surface area (Å²) in [5.41, 5.74) is 0.766. The molecule has 25 heavy (non-hydrogen) atoms. The van der Waals surface area contributed by atoms with Gasteiger partial charge >= 0.3 is 6.03 Å². The van der Waals surface area contributed by atoms with Crippen molar-refractivity contribution in [3.63, 3.8) is 0 Å². The van der Waals surface area contributed by atoms with Crippen molar-refractivity contribution in [2.75, 3.05) is 30.7 Å². The van der Waals surface area contributed by atoms with Gasteiger partial charge < -0.3 is 15.1 Å². The Morgan fingerprint density at radius 2 is 1.88 bits per heavy atom. The lowest BCUT2D eigenvalue weighted by molar-refractivity contribution is -0.131. The van der Waals surface area contributed by atoms with Crippen molar-refractivity contribution < 1.29 is 13.8 Å². The van der Waals surface area contributed by atoms with E-state index in [2.05, 4.69) is 5.32 Å². The largest absolute Gasteiger partial charge is 0.324 e. The molecule has 0 aromatic heterocycles. The molecule has 0 bridgehead atoms. The number of rotatable bonds is 3. The molecular formula is C18H23N3O3S. The van der Waals surface area contributed by atoms with Crippen LogP contribution in [-0.2, 0) is 15.6 Å². The monoisotopic (exact) mass is 361 g/mol. The number of carbonyl (C=O) groups is 2. The van der Waals surface area contributed by atoms with E-state index >= 15 is 0 Å². The Morgan fingerprint density at radius 3 is 2.52 bits per heavy atom. The number of piperidine rings is 1. The highest BCUT2D eigenvalue weighted by atomic mass is 32.2. The molecule has 1 aromatic rings. The van der Waals surface area contributed by atoms with E-state index in [1.807, 2.05) is 35.2 Å². The summed E-state index contributed by atoms with van der Waals surface area (Å²) in [5, 5.41) is 2.89. The number of hydrogen-bond donors (Lipinski definition) is 1. The Bertz CT molecular complexity index is 697. The van der Waals surface area contributed by atoms with Crippen LogP contribution in [-0.4, -0.2) is 56.2 Å². The van der Waals surface area contributed by atoms with Gasteiger partial charge in [-0.1, -0.05) is 18.2 Å². The maximum atomic E-state index is 12.7. The van der Waals surface area contributed by atoms with E-state index in [1.54, 1.807) is 4.90 Å². The minimum Gasteiger partial charge on any atom is -0.324 e. The van der Waals surface area contributed by atoms with E-state index < -0.39 is 15.7 Å². The summed E-state index contributed by atoms with van der Waals surface area (Å²) in [4.78, 5) is 27.8. The normalized spacial score (nSPS) is 25.4. The zero-order valence-corrected chi connectivity index (χ0v) is 15.0. The summed E-state index contributed by atoms with van der Waals surface area (Å²) in [5.74, 6) is 0.742. The van der Waals surface area contributed by atoms with Gasteiger partial charge in [0.05, 0.1) is 10.8 Å². The topological polar surface area (TPSA) is 69.7 Å². The second-order valence-corrected chi connectivity index (χ2v) is 8.91. The van der Waals surface area contributed by atoms with Gasteiger partial charge in [0.15, 0.2) is 0 Å². The fourth-order valence-electron chi connectivity index (χ4n) is 3.78. The minimum absolute atomic E-state index is 0.0208. The molecule has 1 unspecified atom stereocenters. The standard InChI is InChI=1S/C18H23N3O3S/c22-16-13-25(24)18(21(16)12-14-6-7-14)8-10-20(11-9-18)17(23)19-15-4-2-1-3-5-15/h1-5,14H,6-13H2,(H,19,23). The van der Waals surface area contributed by atoms with E-state index in [9.17, 15) is 13.8 Å². The number of likely N-dealkylation sites (tertiary alicyclic amines) is 1. The first-order valence-electron chi connectivity index (χ1n) is 8.88. The summed E-state index contributed by atoms with van der Waals surface area (Å²) in [6, 6.07) is 9.23. The first-order valence-corrected chi connectivity index (χ1v) is 10.2. The molecular weight excluding hydrogens is 338 g/mol. The number of anilines is 1. The van der Waals surface area contributed by atoms with Gasteiger partial charge in [0.1, 0.15) is 10.6 Å². The number of carbonyl (C=O) groups excluding carboxylic acids is 2. The zero-order chi connectivity index (χ0) is 17.4. The van der Waals surface area contributed by atoms with Gasteiger partial charge in [-0.3, -0.25) is 9.00 Å². The van der Waals surface area contributed by atoms with Crippen LogP contribution in [0.1, 0.15) is 25.7 Å². The van der Waals surface area contributed by atoms with Crippen LogP contribution in [0.2, 0.25) is 0 Å². The van der Waals surface area contributed by atoms with Crippen molar-refractivity contribution in [2.45, 2.75) is 30.6 Å². The smallest absolute Gasteiger partial charge is 0.321 e. The Morgan fingerprint density at radius 1 is 1.20 bits per heavy atom. The predicted octanol–water partition coefficient (Wildman–Crippen LogP) is 2.01. The number of nitrogens with one attached hydrogen (secondary N) is 1. The molecule has 1 N–H and O–H groups in total. The lowest BCUT2D eigenvalue weighted by Crippen LogP contribution is -2.56. The van der Waals surface area contributed by atoms with Gasteiger partial charge in [-0.05, 0) is 30.9 Å². The third kappa shape index (κ3) is 3.17. The molecule has 3 fully saturated rings. The maximum Gasteiger partial charge on any atom is 0.321 e. The van der Waals surface area contributed by atoms with Crippen LogP contribution in [0.15, 0.2) is 30.3 Å². The summed E-state index contributed by atoms with van der Waals surface area (Å²) in [6.07, 6.45) is 3.52. The van der Waals surface area contributed by atoms with Crippen molar-refractivity contribution in [1.29, 1.82) is 0 Å². The van der Waals surface area contributed by atoms with Gasteiger partial charge in [-0.15, -0.1) is 0 Å². The highest BCUT2D eigenvalue weighted by Gasteiger charge is 2.54. The number of para-hydroxylation sites is 1. The summed E-state index contributed by atoms with van der Waals surface area (Å²) >= 11 is 0. The molecule has 4 rings (SSSR count). The molecule has 2 heterocycles. The van der Waals surface area contributed by atoms with Gasteiger partial charge in [0.25, 0.3) is 0 Å². The van der Waals surface area contributed by atoms with E-state index in [0.29, 0.717) is 31.8 Å². The van der Waals surface area contributed by atoms with Crippen molar-refractivity contribution in [2.24, 2.45) is 5.92 Å². The first-order chi connectivity index (χ1) is 12.1. The molecule has 1 atom stereocenters. The van der Waals surface area contributed by atoms with Crippen LogP contribution >= 0.6 is 0 Å². The number of nitrogens with zero attached hydrogens (tertiary/aromatic N) is 2. The van der Waals surface area contributed by atoms with Crippen molar-refractivity contribution in [3.05, 3.63) is 30.3 Å². The van der Waals surface area contributed by atoms with Crippen LogP contribution in [0.3, 0.4) is 0 Å². The highest BCUT2D eigenvalue weighted by molar-refractivity contribution is 7.87. The zero-order valence-electron chi connectivity index (χ0n) is 14.1.